The van der Waals surface area contributed by atoms with Crippen molar-refractivity contribution in [2.45, 2.75) is 26.3 Å². The number of rotatable bonds is 5. The quantitative estimate of drug-likeness (QED) is 0.736. The molecule has 2 heteroatoms. The molecule has 0 aliphatic heterocycles. The summed E-state index contributed by atoms with van der Waals surface area (Å²) in [4.78, 5) is 4.38. The SMILES string of the molecule is CC(C)C[C@H](CO)N=Cc1ccccc1. The first-order valence-electron chi connectivity index (χ1n) is 5.41. The molecule has 0 saturated carbocycles. The van der Waals surface area contributed by atoms with Crippen molar-refractivity contribution < 1.29 is 5.11 Å². The van der Waals surface area contributed by atoms with E-state index >= 15 is 0 Å². The van der Waals surface area contributed by atoms with Crippen LogP contribution in [0.1, 0.15) is 25.8 Å². The molecule has 0 unspecified atom stereocenters. The topological polar surface area (TPSA) is 32.6 Å². The van der Waals surface area contributed by atoms with Gasteiger partial charge in [0.25, 0.3) is 0 Å². The molecule has 0 aliphatic rings. The zero-order chi connectivity index (χ0) is 11.1. The third-order valence-electron chi connectivity index (χ3n) is 2.19. The van der Waals surface area contributed by atoms with Gasteiger partial charge in [0, 0.05) is 6.21 Å². The second kappa shape index (κ2) is 6.36. The first kappa shape index (κ1) is 11.9. The van der Waals surface area contributed by atoms with Crippen LogP contribution in [-0.4, -0.2) is 24.0 Å². The van der Waals surface area contributed by atoms with E-state index in [1.54, 1.807) is 0 Å². The van der Waals surface area contributed by atoms with Crippen molar-refractivity contribution in [3.05, 3.63) is 35.9 Å². The number of benzene rings is 1. The van der Waals surface area contributed by atoms with E-state index < -0.39 is 0 Å². The van der Waals surface area contributed by atoms with Crippen molar-refractivity contribution in [3.8, 4) is 0 Å². The first-order valence-corrected chi connectivity index (χ1v) is 5.41. The van der Waals surface area contributed by atoms with Crippen LogP contribution in [0.25, 0.3) is 0 Å². The van der Waals surface area contributed by atoms with Gasteiger partial charge in [0.1, 0.15) is 0 Å². The summed E-state index contributed by atoms with van der Waals surface area (Å²) < 4.78 is 0. The molecule has 15 heavy (non-hydrogen) atoms. The van der Waals surface area contributed by atoms with E-state index in [1.165, 1.54) is 0 Å². The van der Waals surface area contributed by atoms with Crippen LogP contribution in [0.5, 0.6) is 0 Å². The Morgan fingerprint density at radius 2 is 1.93 bits per heavy atom. The Bertz CT molecular complexity index is 293. The summed E-state index contributed by atoms with van der Waals surface area (Å²) >= 11 is 0. The van der Waals surface area contributed by atoms with Crippen molar-refractivity contribution in [1.82, 2.24) is 0 Å². The highest BCUT2D eigenvalue weighted by molar-refractivity contribution is 5.79. The fourth-order valence-electron chi connectivity index (χ4n) is 1.46. The van der Waals surface area contributed by atoms with Crippen LogP contribution in [0.15, 0.2) is 35.3 Å². The molecule has 1 rings (SSSR count). The molecule has 0 radical (unpaired) electrons. The van der Waals surface area contributed by atoms with Gasteiger partial charge in [0.2, 0.25) is 0 Å². The third kappa shape index (κ3) is 4.75. The molecule has 1 N–H and O–H groups in total. The van der Waals surface area contributed by atoms with Gasteiger partial charge in [-0.25, -0.2) is 0 Å². The minimum absolute atomic E-state index is 0.0326. The number of aliphatic hydroxyl groups is 1. The molecule has 1 atom stereocenters. The summed E-state index contributed by atoms with van der Waals surface area (Å²) in [7, 11) is 0. The Kier molecular flexibility index (Phi) is 5.05. The van der Waals surface area contributed by atoms with Crippen LogP contribution < -0.4 is 0 Å². The van der Waals surface area contributed by atoms with Crippen molar-refractivity contribution in [3.63, 3.8) is 0 Å². The molecule has 0 bridgehead atoms. The fraction of sp³-hybridized carbons (Fsp3) is 0.462. The summed E-state index contributed by atoms with van der Waals surface area (Å²) in [5.74, 6) is 0.565. The predicted octanol–water partition coefficient (Wildman–Crippen LogP) is 2.51. The van der Waals surface area contributed by atoms with Gasteiger partial charge in [-0.3, -0.25) is 4.99 Å². The maximum atomic E-state index is 9.14. The minimum Gasteiger partial charge on any atom is -0.394 e. The summed E-state index contributed by atoms with van der Waals surface area (Å²) in [5, 5.41) is 9.14. The Labute approximate surface area is 91.7 Å². The van der Waals surface area contributed by atoms with Gasteiger partial charge in [-0.2, -0.15) is 0 Å². The van der Waals surface area contributed by atoms with E-state index in [2.05, 4.69) is 18.8 Å². The molecule has 2 nitrogen and oxygen atoms in total. The largest absolute Gasteiger partial charge is 0.394 e. The van der Waals surface area contributed by atoms with E-state index in [-0.39, 0.29) is 12.6 Å². The maximum absolute atomic E-state index is 9.14. The van der Waals surface area contributed by atoms with Crippen LogP contribution in [0, 0.1) is 5.92 Å². The number of hydrogen-bond donors (Lipinski definition) is 1. The molecule has 0 aromatic heterocycles. The molecule has 1 aromatic rings. The molecule has 0 heterocycles. The lowest BCUT2D eigenvalue weighted by molar-refractivity contribution is 0.251. The number of nitrogens with zero attached hydrogens (tertiary/aromatic N) is 1. The zero-order valence-corrected chi connectivity index (χ0v) is 9.43. The average molecular weight is 205 g/mol. The molecular formula is C13H19NO. The smallest absolute Gasteiger partial charge is 0.0733 e. The van der Waals surface area contributed by atoms with Gasteiger partial charge < -0.3 is 5.11 Å². The summed E-state index contributed by atoms with van der Waals surface area (Å²) in [5.41, 5.74) is 1.08. The Balaban J connectivity index is 2.55. The summed E-state index contributed by atoms with van der Waals surface area (Å²) in [6, 6.07) is 10.00. The van der Waals surface area contributed by atoms with Crippen LogP contribution in [0.4, 0.5) is 0 Å². The van der Waals surface area contributed by atoms with Crippen LogP contribution in [0.3, 0.4) is 0 Å². The molecule has 0 fully saturated rings. The van der Waals surface area contributed by atoms with E-state index in [0.717, 1.165) is 12.0 Å². The zero-order valence-electron chi connectivity index (χ0n) is 9.43. The standard InChI is InChI=1S/C13H19NO/c1-11(2)8-13(10-15)14-9-12-6-4-3-5-7-12/h3-7,9,11,13,15H,8,10H2,1-2H3/t13-/m1/s1. The molecule has 0 aliphatic carbocycles. The monoisotopic (exact) mass is 205 g/mol. The van der Waals surface area contributed by atoms with E-state index in [1.807, 2.05) is 36.5 Å². The van der Waals surface area contributed by atoms with Gasteiger partial charge in [-0.1, -0.05) is 44.2 Å². The number of aliphatic hydroxyl groups excluding tert-OH is 1. The predicted molar refractivity (Wildman–Crippen MR) is 64.4 cm³/mol. The van der Waals surface area contributed by atoms with Crippen LogP contribution >= 0.6 is 0 Å². The lowest BCUT2D eigenvalue weighted by atomic mass is 10.1. The third-order valence-corrected chi connectivity index (χ3v) is 2.19. The van der Waals surface area contributed by atoms with Crippen molar-refractivity contribution in [1.29, 1.82) is 0 Å². The van der Waals surface area contributed by atoms with Gasteiger partial charge in [0.05, 0.1) is 12.6 Å². The van der Waals surface area contributed by atoms with Gasteiger partial charge in [-0.05, 0) is 17.9 Å². The lowest BCUT2D eigenvalue weighted by Gasteiger charge is -2.11. The Morgan fingerprint density at radius 1 is 1.27 bits per heavy atom. The second-order valence-corrected chi connectivity index (χ2v) is 4.15. The van der Waals surface area contributed by atoms with E-state index in [4.69, 9.17) is 5.11 Å². The molecule has 1 aromatic carbocycles. The van der Waals surface area contributed by atoms with E-state index in [0.29, 0.717) is 5.92 Å². The van der Waals surface area contributed by atoms with Crippen molar-refractivity contribution in [2.75, 3.05) is 6.61 Å². The average Bonchev–Trinajstić information content (AvgIpc) is 2.25. The van der Waals surface area contributed by atoms with E-state index in [9.17, 15) is 0 Å². The molecule has 0 amide bonds. The van der Waals surface area contributed by atoms with Gasteiger partial charge in [0.15, 0.2) is 0 Å². The molecule has 0 saturated heterocycles. The summed E-state index contributed by atoms with van der Waals surface area (Å²) in [6.45, 7) is 4.41. The number of hydrogen-bond acceptors (Lipinski definition) is 2. The molecule has 0 spiro atoms. The highest BCUT2D eigenvalue weighted by Crippen LogP contribution is 2.07. The minimum atomic E-state index is 0.0326. The van der Waals surface area contributed by atoms with Gasteiger partial charge >= 0.3 is 0 Å². The fourth-order valence-corrected chi connectivity index (χ4v) is 1.46. The highest BCUT2D eigenvalue weighted by atomic mass is 16.3. The highest BCUT2D eigenvalue weighted by Gasteiger charge is 2.06. The lowest BCUT2D eigenvalue weighted by Crippen LogP contribution is -2.13. The summed E-state index contributed by atoms with van der Waals surface area (Å²) in [6.07, 6.45) is 2.77. The van der Waals surface area contributed by atoms with Gasteiger partial charge in [-0.15, -0.1) is 0 Å². The maximum Gasteiger partial charge on any atom is 0.0733 e. The van der Waals surface area contributed by atoms with Crippen molar-refractivity contribution in [2.24, 2.45) is 10.9 Å². The second-order valence-electron chi connectivity index (χ2n) is 4.15. The Morgan fingerprint density at radius 3 is 2.47 bits per heavy atom. The molecule has 82 valence electrons. The van der Waals surface area contributed by atoms with Crippen LogP contribution in [-0.2, 0) is 0 Å². The number of aliphatic imine (C=N–C) groups is 1. The molecular weight excluding hydrogens is 186 g/mol. The first-order chi connectivity index (χ1) is 7.22. The normalized spacial score (nSPS) is 13.6. The Hall–Kier alpha value is -1.15. The van der Waals surface area contributed by atoms with Crippen molar-refractivity contribution >= 4 is 6.21 Å². The van der Waals surface area contributed by atoms with Crippen LogP contribution in [0.2, 0.25) is 0 Å².